The minimum Gasteiger partial charge on any atom is -0.481 e. The maximum Gasteiger partial charge on any atom is 0.306 e. The van der Waals surface area contributed by atoms with Crippen molar-refractivity contribution in [1.82, 2.24) is 4.90 Å². The molecule has 0 aromatic carbocycles. The van der Waals surface area contributed by atoms with E-state index < -0.39 is 11.4 Å². The van der Waals surface area contributed by atoms with Gasteiger partial charge in [-0.1, -0.05) is 60.6 Å². The van der Waals surface area contributed by atoms with Gasteiger partial charge in [-0.25, -0.2) is 0 Å². The highest BCUT2D eigenvalue weighted by Gasteiger charge is 2.71. The summed E-state index contributed by atoms with van der Waals surface area (Å²) < 4.78 is 12.3. The van der Waals surface area contributed by atoms with E-state index in [-0.39, 0.29) is 64.2 Å². The predicted molar refractivity (Wildman–Crippen MR) is 201 cm³/mol. The second kappa shape index (κ2) is 13.1. The normalized spacial score (nSPS) is 44.7. The van der Waals surface area contributed by atoms with Crippen LogP contribution in [0.3, 0.4) is 0 Å². The maximum atomic E-state index is 14.2. The van der Waals surface area contributed by atoms with Crippen molar-refractivity contribution < 1.29 is 29.0 Å². The largest absolute Gasteiger partial charge is 0.481 e. The monoisotopic (exact) mass is 710 g/mol. The Kier molecular flexibility index (Phi) is 10.0. The van der Waals surface area contributed by atoms with Crippen LogP contribution in [-0.2, 0) is 23.9 Å². The quantitative estimate of drug-likeness (QED) is 0.199. The molecule has 0 spiro atoms. The SMILES string of the molecule is C=C(C)[C@@H]1CC[C@]2(CC(=O)N3CC(C)OC(C)C3)CC[C@]3(C)[C@H](CC[C@@H]4[C@@]5(C)CC[C@H](OC(=O)CC(C)(C)CC(=O)O)C(C)(C)[C@@H]5CC[C@]43C)[C@@H]12. The third-order valence-electron chi connectivity index (χ3n) is 17.0. The third-order valence-corrected chi connectivity index (χ3v) is 17.0. The zero-order chi connectivity index (χ0) is 37.5. The summed E-state index contributed by atoms with van der Waals surface area (Å²) in [4.78, 5) is 40.9. The lowest BCUT2D eigenvalue weighted by atomic mass is 9.32. The number of hydrogen-bond donors (Lipinski definition) is 1. The Bertz CT molecular complexity index is 1390. The Labute approximate surface area is 309 Å². The number of nitrogens with zero attached hydrogens (tertiary/aromatic N) is 1. The Hall–Kier alpha value is -1.89. The van der Waals surface area contributed by atoms with Crippen LogP contribution in [0.1, 0.15) is 153 Å². The molecule has 1 heterocycles. The molecule has 51 heavy (non-hydrogen) atoms. The molecular weight excluding hydrogens is 638 g/mol. The summed E-state index contributed by atoms with van der Waals surface area (Å²) >= 11 is 0. The van der Waals surface area contributed by atoms with E-state index >= 15 is 0 Å². The number of amides is 1. The van der Waals surface area contributed by atoms with E-state index in [2.05, 4.69) is 66.9 Å². The summed E-state index contributed by atoms with van der Waals surface area (Å²) in [5.41, 5.74) is 1.14. The van der Waals surface area contributed by atoms with Gasteiger partial charge < -0.3 is 19.5 Å². The van der Waals surface area contributed by atoms with Gasteiger partial charge in [0.15, 0.2) is 0 Å². The third kappa shape index (κ3) is 6.43. The summed E-state index contributed by atoms with van der Waals surface area (Å²) in [6.07, 6.45) is 12.1. The van der Waals surface area contributed by atoms with Crippen LogP contribution in [-0.4, -0.2) is 59.3 Å². The molecule has 6 fully saturated rings. The average molecular weight is 710 g/mol. The number of carboxylic acid groups (broad SMARTS) is 1. The fourth-order valence-corrected chi connectivity index (χ4v) is 14.6. The van der Waals surface area contributed by atoms with Crippen LogP contribution in [0, 0.1) is 62.1 Å². The summed E-state index contributed by atoms with van der Waals surface area (Å²) in [7, 11) is 0. The number of carbonyl (C=O) groups is 3. The Balaban J connectivity index is 1.23. The first-order valence-electron chi connectivity index (χ1n) is 20.6. The molecule has 288 valence electrons. The molecule has 1 amide bonds. The molecule has 1 N–H and O–H groups in total. The van der Waals surface area contributed by atoms with Gasteiger partial charge in [0.25, 0.3) is 0 Å². The van der Waals surface area contributed by atoms with Crippen molar-refractivity contribution in [3.05, 3.63) is 12.2 Å². The highest BCUT2D eigenvalue weighted by molar-refractivity contribution is 5.77. The number of allylic oxidation sites excluding steroid dienone is 1. The number of carboxylic acids is 1. The van der Waals surface area contributed by atoms with Gasteiger partial charge in [0.05, 0.1) is 25.0 Å². The fraction of sp³-hybridized carbons (Fsp3) is 0.886. The first-order chi connectivity index (χ1) is 23.6. The lowest BCUT2D eigenvalue weighted by molar-refractivity contribution is -0.250. The van der Waals surface area contributed by atoms with E-state index in [1.165, 1.54) is 31.3 Å². The molecule has 5 saturated carbocycles. The van der Waals surface area contributed by atoms with E-state index in [1.807, 2.05) is 13.8 Å². The number of esters is 1. The molecule has 5 aliphatic carbocycles. The lowest BCUT2D eigenvalue weighted by Gasteiger charge is -2.73. The standard InChI is InChI=1S/C44H71NO6/c1-27(2)30-14-19-44(22-35(46)45-25-28(3)50-29(4)26-45)21-20-42(10)31(38(30)44)12-13-33-41(9)17-16-34(40(7,8)32(41)15-18-43(33,42)11)51-37(49)24-39(5,6)23-36(47)48/h28-34,38H,1,12-26H2,2-11H3,(H,47,48)/t28?,29?,30-,31+,32-,33+,34-,38+,41-,42+,43+,44+/m0/s1. The molecule has 7 heteroatoms. The van der Waals surface area contributed by atoms with Crippen molar-refractivity contribution in [2.75, 3.05) is 13.1 Å². The molecule has 0 aromatic heterocycles. The number of carbonyl (C=O) groups excluding carboxylic acids is 2. The van der Waals surface area contributed by atoms with Crippen molar-refractivity contribution in [2.45, 2.75) is 171 Å². The van der Waals surface area contributed by atoms with Crippen molar-refractivity contribution in [2.24, 2.45) is 62.1 Å². The van der Waals surface area contributed by atoms with Gasteiger partial charge in [-0.3, -0.25) is 14.4 Å². The molecule has 6 rings (SSSR count). The minimum atomic E-state index is -0.882. The maximum absolute atomic E-state index is 14.2. The van der Waals surface area contributed by atoms with Gasteiger partial charge in [0.1, 0.15) is 6.10 Å². The van der Waals surface area contributed by atoms with Crippen LogP contribution in [0.15, 0.2) is 12.2 Å². The van der Waals surface area contributed by atoms with Crippen molar-refractivity contribution in [3.63, 3.8) is 0 Å². The summed E-state index contributed by atoms with van der Waals surface area (Å²) in [6, 6.07) is 0. The van der Waals surface area contributed by atoms with Gasteiger partial charge in [-0.15, -0.1) is 0 Å². The summed E-state index contributed by atoms with van der Waals surface area (Å²) in [6.45, 7) is 28.7. The molecule has 0 aromatic rings. The van der Waals surface area contributed by atoms with Crippen LogP contribution in [0.5, 0.6) is 0 Å². The number of hydrogen-bond acceptors (Lipinski definition) is 5. The number of aliphatic carboxylic acids is 1. The van der Waals surface area contributed by atoms with E-state index in [4.69, 9.17) is 9.47 Å². The highest BCUT2D eigenvalue weighted by Crippen LogP contribution is 2.78. The number of fused-ring (bicyclic) bond motifs is 7. The van der Waals surface area contributed by atoms with Gasteiger partial charge in [0, 0.05) is 24.9 Å². The highest BCUT2D eigenvalue weighted by atomic mass is 16.5. The van der Waals surface area contributed by atoms with Gasteiger partial charge in [0.2, 0.25) is 5.91 Å². The van der Waals surface area contributed by atoms with Crippen molar-refractivity contribution in [1.29, 1.82) is 0 Å². The van der Waals surface area contributed by atoms with Crippen LogP contribution < -0.4 is 0 Å². The zero-order valence-corrected chi connectivity index (χ0v) is 33.9. The van der Waals surface area contributed by atoms with Gasteiger partial charge >= 0.3 is 11.9 Å². The molecule has 0 radical (unpaired) electrons. The van der Waals surface area contributed by atoms with Crippen LogP contribution in [0.4, 0.5) is 0 Å². The average Bonchev–Trinajstić information content (AvgIpc) is 3.37. The molecule has 1 aliphatic heterocycles. The second-order valence-electron chi connectivity index (χ2n) is 21.0. The van der Waals surface area contributed by atoms with E-state index in [9.17, 15) is 19.5 Å². The first-order valence-corrected chi connectivity index (χ1v) is 20.6. The summed E-state index contributed by atoms with van der Waals surface area (Å²) in [5.74, 6) is 1.84. The van der Waals surface area contributed by atoms with Gasteiger partial charge in [-0.2, -0.15) is 0 Å². The molecule has 12 atom stereocenters. The predicted octanol–water partition coefficient (Wildman–Crippen LogP) is 9.47. The van der Waals surface area contributed by atoms with E-state index in [1.54, 1.807) is 0 Å². The van der Waals surface area contributed by atoms with Crippen molar-refractivity contribution in [3.8, 4) is 0 Å². The van der Waals surface area contributed by atoms with Crippen LogP contribution in [0.2, 0.25) is 0 Å². The number of ether oxygens (including phenoxy) is 2. The van der Waals surface area contributed by atoms with Gasteiger partial charge in [-0.05, 0) is 142 Å². The Morgan fingerprint density at radius 2 is 1.51 bits per heavy atom. The molecular formula is C44H71NO6. The fourth-order valence-electron chi connectivity index (χ4n) is 14.6. The Morgan fingerprint density at radius 3 is 2.14 bits per heavy atom. The smallest absolute Gasteiger partial charge is 0.306 e. The van der Waals surface area contributed by atoms with E-state index in [0.717, 1.165) is 38.5 Å². The first kappa shape index (κ1) is 38.8. The molecule has 6 aliphatic rings. The van der Waals surface area contributed by atoms with Crippen molar-refractivity contribution >= 4 is 17.8 Å². The van der Waals surface area contributed by atoms with Crippen LogP contribution in [0.25, 0.3) is 0 Å². The zero-order valence-electron chi connectivity index (χ0n) is 33.9. The second-order valence-corrected chi connectivity index (χ2v) is 21.0. The number of morpholine rings is 1. The topological polar surface area (TPSA) is 93.1 Å². The minimum absolute atomic E-state index is 0.0469. The molecule has 7 nitrogen and oxygen atoms in total. The lowest BCUT2D eigenvalue weighted by Crippen LogP contribution is -2.67. The molecule has 1 saturated heterocycles. The molecule has 2 unspecified atom stereocenters. The van der Waals surface area contributed by atoms with E-state index in [0.29, 0.717) is 55.0 Å². The van der Waals surface area contributed by atoms with Crippen LogP contribution >= 0.6 is 0 Å². The number of rotatable bonds is 8. The molecule has 0 bridgehead atoms. The Morgan fingerprint density at radius 1 is 0.843 bits per heavy atom. The summed E-state index contributed by atoms with van der Waals surface area (Å²) in [5, 5.41) is 9.35.